The molecule has 1 aliphatic rings. The quantitative estimate of drug-likeness (QED) is 0.697. The molecule has 1 unspecified atom stereocenters. The lowest BCUT2D eigenvalue weighted by molar-refractivity contribution is 0.0814. The molecule has 1 aliphatic heterocycles. The Morgan fingerprint density at radius 2 is 2.00 bits per heavy atom. The molecule has 0 spiro atoms. The van der Waals surface area contributed by atoms with Crippen LogP contribution in [-0.2, 0) is 13.0 Å². The van der Waals surface area contributed by atoms with E-state index in [1.54, 1.807) is 0 Å². The third kappa shape index (κ3) is 2.67. The fraction of sp³-hybridized carbons (Fsp3) is 0.500. The van der Waals surface area contributed by atoms with E-state index in [0.29, 0.717) is 37.7 Å². The maximum atomic E-state index is 9.73. The van der Waals surface area contributed by atoms with Gasteiger partial charge in [-0.25, -0.2) is 4.98 Å². The van der Waals surface area contributed by atoms with Gasteiger partial charge in [-0.2, -0.15) is 0 Å². The highest BCUT2D eigenvalue weighted by molar-refractivity contribution is 5.80. The Labute approximate surface area is 121 Å². The van der Waals surface area contributed by atoms with Gasteiger partial charge < -0.3 is 30.0 Å². The highest BCUT2D eigenvalue weighted by Crippen LogP contribution is 2.34. The number of aliphatic hydroxyl groups excluding tert-OH is 2. The number of rotatable bonds is 5. The molecule has 0 radical (unpaired) electrons. The smallest absolute Gasteiger partial charge is 0.163 e. The van der Waals surface area contributed by atoms with Crippen molar-refractivity contribution >= 4 is 11.0 Å². The van der Waals surface area contributed by atoms with Crippen LogP contribution in [0.1, 0.15) is 5.82 Å². The van der Waals surface area contributed by atoms with Crippen LogP contribution in [0.2, 0.25) is 0 Å². The number of hydrogen-bond acceptors (Lipinski definition) is 6. The number of fused-ring (bicyclic) bond motifs is 2. The number of hydrogen-bond donors (Lipinski definition) is 3. The van der Waals surface area contributed by atoms with Gasteiger partial charge in [0.1, 0.15) is 19.0 Å². The number of aliphatic hydroxyl groups is 2. The molecular weight excluding hydrogens is 274 g/mol. The molecule has 21 heavy (non-hydrogen) atoms. The summed E-state index contributed by atoms with van der Waals surface area (Å²) in [5, 5.41) is 18.8. The molecule has 0 amide bonds. The van der Waals surface area contributed by atoms with Gasteiger partial charge in [0.15, 0.2) is 11.5 Å². The van der Waals surface area contributed by atoms with Crippen LogP contribution in [0, 0.1) is 0 Å². The first-order chi connectivity index (χ1) is 10.2. The highest BCUT2D eigenvalue weighted by Gasteiger charge is 2.19. The SMILES string of the molecule is NCCc1nc2cc3c(cc2n1CC(O)CO)OCCO3. The first-order valence-corrected chi connectivity index (χ1v) is 7.00. The molecule has 1 aromatic heterocycles. The standard InChI is InChI=1S/C14H19N3O4/c15-2-1-14-16-10-5-12-13(21-4-3-20-12)6-11(10)17(14)7-9(19)8-18/h5-6,9,18-19H,1-4,7-8,15H2. The summed E-state index contributed by atoms with van der Waals surface area (Å²) in [4.78, 5) is 4.55. The topological polar surface area (TPSA) is 103 Å². The zero-order chi connectivity index (χ0) is 14.8. The van der Waals surface area contributed by atoms with E-state index in [4.69, 9.17) is 20.3 Å². The Morgan fingerprint density at radius 3 is 2.67 bits per heavy atom. The molecule has 0 bridgehead atoms. The number of imidazole rings is 1. The number of ether oxygens (including phenoxy) is 2. The largest absolute Gasteiger partial charge is 0.486 e. The van der Waals surface area contributed by atoms with Gasteiger partial charge in [0.05, 0.1) is 30.3 Å². The monoisotopic (exact) mass is 293 g/mol. The molecule has 0 aliphatic carbocycles. The summed E-state index contributed by atoms with van der Waals surface area (Å²) in [5.74, 6) is 2.13. The molecule has 0 saturated carbocycles. The molecule has 4 N–H and O–H groups in total. The molecule has 1 atom stereocenters. The van der Waals surface area contributed by atoms with E-state index in [2.05, 4.69) is 4.98 Å². The number of nitrogens with zero attached hydrogens (tertiary/aromatic N) is 2. The predicted molar refractivity (Wildman–Crippen MR) is 76.6 cm³/mol. The van der Waals surface area contributed by atoms with E-state index < -0.39 is 6.10 Å². The molecular formula is C14H19N3O4. The lowest BCUT2D eigenvalue weighted by Crippen LogP contribution is -2.22. The Morgan fingerprint density at radius 1 is 1.29 bits per heavy atom. The molecule has 1 aromatic carbocycles. The first kappa shape index (κ1) is 14.1. The molecule has 3 rings (SSSR count). The lowest BCUT2D eigenvalue weighted by Gasteiger charge is -2.18. The van der Waals surface area contributed by atoms with Gasteiger partial charge in [-0.15, -0.1) is 0 Å². The number of benzene rings is 1. The minimum atomic E-state index is -0.841. The fourth-order valence-electron chi connectivity index (χ4n) is 2.50. The van der Waals surface area contributed by atoms with Gasteiger partial charge in [-0.3, -0.25) is 0 Å². The van der Waals surface area contributed by atoms with Crippen LogP contribution < -0.4 is 15.2 Å². The zero-order valence-electron chi connectivity index (χ0n) is 11.7. The molecule has 7 heteroatoms. The summed E-state index contributed by atoms with van der Waals surface area (Å²) in [5.41, 5.74) is 7.24. The summed E-state index contributed by atoms with van der Waals surface area (Å²) in [6.45, 7) is 1.47. The van der Waals surface area contributed by atoms with Gasteiger partial charge in [-0.05, 0) is 6.54 Å². The summed E-state index contributed by atoms with van der Waals surface area (Å²) in [7, 11) is 0. The van der Waals surface area contributed by atoms with Crippen molar-refractivity contribution in [2.45, 2.75) is 19.1 Å². The lowest BCUT2D eigenvalue weighted by atomic mass is 10.2. The van der Waals surface area contributed by atoms with Gasteiger partial charge in [0.25, 0.3) is 0 Å². The van der Waals surface area contributed by atoms with Gasteiger partial charge >= 0.3 is 0 Å². The van der Waals surface area contributed by atoms with Crippen LogP contribution in [0.15, 0.2) is 12.1 Å². The van der Waals surface area contributed by atoms with Crippen LogP contribution in [0.3, 0.4) is 0 Å². The van der Waals surface area contributed by atoms with Crippen molar-refractivity contribution < 1.29 is 19.7 Å². The van der Waals surface area contributed by atoms with Crippen molar-refractivity contribution in [1.82, 2.24) is 9.55 Å². The van der Waals surface area contributed by atoms with Crippen LogP contribution in [0.4, 0.5) is 0 Å². The average Bonchev–Trinajstić information content (AvgIpc) is 2.82. The third-order valence-electron chi connectivity index (χ3n) is 3.46. The van der Waals surface area contributed by atoms with Crippen molar-refractivity contribution in [2.75, 3.05) is 26.4 Å². The Balaban J connectivity index is 2.09. The summed E-state index contributed by atoms with van der Waals surface area (Å²) >= 11 is 0. The summed E-state index contributed by atoms with van der Waals surface area (Å²) in [6.07, 6.45) is -0.244. The normalized spacial score (nSPS) is 15.4. The predicted octanol–water partition coefficient (Wildman–Crippen LogP) is -0.338. The van der Waals surface area contributed by atoms with E-state index >= 15 is 0 Å². The van der Waals surface area contributed by atoms with Crippen LogP contribution >= 0.6 is 0 Å². The third-order valence-corrected chi connectivity index (χ3v) is 3.46. The Bertz CT molecular complexity index is 641. The highest BCUT2D eigenvalue weighted by atomic mass is 16.6. The van der Waals surface area contributed by atoms with Gasteiger partial charge in [-0.1, -0.05) is 0 Å². The average molecular weight is 293 g/mol. The number of nitrogens with two attached hydrogens (primary N) is 1. The second-order valence-electron chi connectivity index (χ2n) is 5.00. The molecule has 7 nitrogen and oxygen atoms in total. The van der Waals surface area contributed by atoms with E-state index in [-0.39, 0.29) is 13.2 Å². The molecule has 114 valence electrons. The van der Waals surface area contributed by atoms with Crippen LogP contribution in [0.25, 0.3) is 11.0 Å². The van der Waals surface area contributed by atoms with E-state index in [9.17, 15) is 5.11 Å². The van der Waals surface area contributed by atoms with Crippen molar-refractivity contribution in [1.29, 1.82) is 0 Å². The fourth-order valence-corrected chi connectivity index (χ4v) is 2.50. The van der Waals surface area contributed by atoms with E-state index in [0.717, 1.165) is 16.9 Å². The van der Waals surface area contributed by atoms with E-state index in [1.807, 2.05) is 16.7 Å². The van der Waals surface area contributed by atoms with Crippen LogP contribution in [0.5, 0.6) is 11.5 Å². The van der Waals surface area contributed by atoms with Gasteiger partial charge in [0.2, 0.25) is 0 Å². The van der Waals surface area contributed by atoms with Gasteiger partial charge in [0, 0.05) is 18.6 Å². The molecule has 2 aromatic rings. The minimum absolute atomic E-state index is 0.266. The molecule has 2 heterocycles. The van der Waals surface area contributed by atoms with Crippen molar-refractivity contribution in [3.63, 3.8) is 0 Å². The van der Waals surface area contributed by atoms with Crippen molar-refractivity contribution in [3.05, 3.63) is 18.0 Å². The maximum Gasteiger partial charge on any atom is 0.163 e. The molecule has 0 fully saturated rings. The molecule has 0 saturated heterocycles. The maximum absolute atomic E-state index is 9.73. The number of aromatic nitrogens is 2. The second-order valence-corrected chi connectivity index (χ2v) is 5.00. The zero-order valence-corrected chi connectivity index (χ0v) is 11.7. The Kier molecular flexibility index (Phi) is 3.96. The minimum Gasteiger partial charge on any atom is -0.486 e. The first-order valence-electron chi connectivity index (χ1n) is 7.00. The summed E-state index contributed by atoms with van der Waals surface area (Å²) in [6, 6.07) is 3.70. The van der Waals surface area contributed by atoms with Crippen LogP contribution in [-0.4, -0.2) is 52.2 Å². The Hall–Kier alpha value is -1.83. The second kappa shape index (κ2) is 5.88. The summed E-state index contributed by atoms with van der Waals surface area (Å²) < 4.78 is 13.0. The van der Waals surface area contributed by atoms with E-state index in [1.165, 1.54) is 0 Å². The van der Waals surface area contributed by atoms with Crippen molar-refractivity contribution in [3.8, 4) is 11.5 Å². The van der Waals surface area contributed by atoms with Crippen molar-refractivity contribution in [2.24, 2.45) is 5.73 Å².